The maximum Gasteiger partial charge on any atom is 0.213 e. The third kappa shape index (κ3) is 6.92. The van der Waals surface area contributed by atoms with Gasteiger partial charge >= 0.3 is 0 Å². The largest absolute Gasteiger partial charge is 0.378 e. The minimum Gasteiger partial charge on any atom is -0.378 e. The first-order valence-corrected chi connectivity index (χ1v) is 8.27. The summed E-state index contributed by atoms with van der Waals surface area (Å²) < 4.78 is 31.1. The van der Waals surface area contributed by atoms with Gasteiger partial charge in [0.1, 0.15) is 0 Å². The second kappa shape index (κ2) is 7.85. The minimum absolute atomic E-state index is 0.0281. The Morgan fingerprint density at radius 1 is 1.26 bits per heavy atom. The first kappa shape index (κ1) is 16.4. The lowest BCUT2D eigenvalue weighted by Gasteiger charge is -2.12. The molecule has 4 nitrogen and oxygen atoms in total. The number of sulfonamides is 1. The summed E-state index contributed by atoms with van der Waals surface area (Å²) in [6.07, 6.45) is 0.0281. The molecule has 0 fully saturated rings. The highest BCUT2D eigenvalue weighted by atomic mass is 35.5. The van der Waals surface area contributed by atoms with Crippen LogP contribution in [0, 0.1) is 0 Å². The van der Waals surface area contributed by atoms with Gasteiger partial charge in [0.05, 0.1) is 23.8 Å². The number of halogens is 1. The summed E-state index contributed by atoms with van der Waals surface area (Å²) in [7, 11) is -3.34. The molecule has 0 aliphatic heterocycles. The van der Waals surface area contributed by atoms with E-state index in [9.17, 15) is 8.42 Å². The van der Waals surface area contributed by atoms with Gasteiger partial charge in [-0.1, -0.05) is 30.3 Å². The van der Waals surface area contributed by atoms with Crippen molar-refractivity contribution >= 4 is 21.6 Å². The highest BCUT2D eigenvalue weighted by Gasteiger charge is 2.14. The monoisotopic (exact) mass is 305 g/mol. The quantitative estimate of drug-likeness (QED) is 0.750. The van der Waals surface area contributed by atoms with Gasteiger partial charge in [-0.2, -0.15) is 0 Å². The molecule has 0 bridgehead atoms. The Morgan fingerprint density at radius 3 is 2.47 bits per heavy atom. The molecule has 0 saturated carbocycles. The third-order valence-electron chi connectivity index (χ3n) is 2.45. The first-order chi connectivity index (χ1) is 8.91. The van der Waals surface area contributed by atoms with E-state index in [0.29, 0.717) is 0 Å². The third-order valence-corrected chi connectivity index (χ3v) is 4.16. The fraction of sp³-hybridized carbons (Fsp3) is 0.538. The van der Waals surface area contributed by atoms with Crippen molar-refractivity contribution in [3.8, 4) is 0 Å². The van der Waals surface area contributed by atoms with Crippen molar-refractivity contribution in [1.82, 2.24) is 4.72 Å². The lowest BCUT2D eigenvalue weighted by Crippen LogP contribution is -2.31. The molecule has 1 aromatic rings. The fourth-order valence-corrected chi connectivity index (χ4v) is 2.64. The summed E-state index contributed by atoms with van der Waals surface area (Å²) in [5.74, 6) is -0.0520. The second-order valence-electron chi connectivity index (χ2n) is 4.47. The Hall–Kier alpha value is -0.620. The van der Waals surface area contributed by atoms with Gasteiger partial charge < -0.3 is 4.74 Å². The highest BCUT2D eigenvalue weighted by Crippen LogP contribution is 2.18. The molecule has 0 aromatic heterocycles. The van der Waals surface area contributed by atoms with Crippen LogP contribution in [0.3, 0.4) is 0 Å². The second-order valence-corrected chi connectivity index (χ2v) is 6.92. The number of hydrogen-bond acceptors (Lipinski definition) is 3. The number of hydrogen-bond donors (Lipinski definition) is 1. The molecule has 0 heterocycles. The van der Waals surface area contributed by atoms with Gasteiger partial charge in [0.2, 0.25) is 10.0 Å². The standard InChI is InChI=1S/C13H20ClNO3S/c1-11(2)18-8-9-19(16,17)15-10-13(14)12-6-4-3-5-7-12/h3-7,11,13,15H,8-10H2,1-2H3. The van der Waals surface area contributed by atoms with E-state index in [0.717, 1.165) is 5.56 Å². The van der Waals surface area contributed by atoms with Gasteiger partial charge in [-0.25, -0.2) is 13.1 Å². The van der Waals surface area contributed by atoms with Gasteiger partial charge in [-0.15, -0.1) is 11.6 Å². The molecule has 108 valence electrons. The van der Waals surface area contributed by atoms with E-state index in [1.165, 1.54) is 0 Å². The Balaban J connectivity index is 2.38. The summed E-state index contributed by atoms with van der Waals surface area (Å²) >= 11 is 6.14. The minimum atomic E-state index is -3.34. The summed E-state index contributed by atoms with van der Waals surface area (Å²) in [4.78, 5) is 0. The maximum atomic E-state index is 11.7. The van der Waals surface area contributed by atoms with Crippen molar-refractivity contribution in [2.75, 3.05) is 18.9 Å². The van der Waals surface area contributed by atoms with Gasteiger partial charge in [-0.05, 0) is 19.4 Å². The predicted octanol–water partition coefficient (Wildman–Crippen LogP) is 2.31. The average molecular weight is 306 g/mol. The van der Waals surface area contributed by atoms with Crippen LogP contribution in [0.25, 0.3) is 0 Å². The smallest absolute Gasteiger partial charge is 0.213 e. The molecular formula is C13H20ClNO3S. The van der Waals surface area contributed by atoms with Crippen LogP contribution >= 0.6 is 11.6 Å². The molecule has 1 unspecified atom stereocenters. The molecule has 0 saturated heterocycles. The van der Waals surface area contributed by atoms with E-state index in [1.54, 1.807) is 0 Å². The number of nitrogens with one attached hydrogen (secondary N) is 1. The van der Waals surface area contributed by atoms with E-state index >= 15 is 0 Å². The zero-order valence-corrected chi connectivity index (χ0v) is 12.7. The van der Waals surface area contributed by atoms with E-state index in [4.69, 9.17) is 16.3 Å². The van der Waals surface area contributed by atoms with Crippen LogP contribution in [0.5, 0.6) is 0 Å². The lowest BCUT2D eigenvalue weighted by molar-refractivity contribution is 0.0911. The molecule has 1 atom stereocenters. The van der Waals surface area contributed by atoms with E-state index < -0.39 is 10.0 Å². The Kier molecular flexibility index (Phi) is 6.79. The van der Waals surface area contributed by atoms with Crippen LogP contribution in [0.15, 0.2) is 30.3 Å². The summed E-state index contributed by atoms with van der Waals surface area (Å²) in [6.45, 7) is 4.09. The Morgan fingerprint density at radius 2 is 1.89 bits per heavy atom. The molecule has 0 amide bonds. The molecule has 0 radical (unpaired) electrons. The number of ether oxygens (including phenoxy) is 1. The van der Waals surface area contributed by atoms with Crippen LogP contribution in [0.1, 0.15) is 24.8 Å². The summed E-state index contributed by atoms with van der Waals surface area (Å²) in [5.41, 5.74) is 0.894. The van der Waals surface area contributed by atoms with Crippen LogP contribution in [0.2, 0.25) is 0 Å². The van der Waals surface area contributed by atoms with E-state index in [1.807, 2.05) is 44.2 Å². The lowest BCUT2D eigenvalue weighted by atomic mass is 10.1. The molecule has 1 rings (SSSR count). The van der Waals surface area contributed by atoms with Gasteiger partial charge in [0.15, 0.2) is 0 Å². The normalized spacial score (nSPS) is 13.7. The van der Waals surface area contributed by atoms with Crippen molar-refractivity contribution in [1.29, 1.82) is 0 Å². The van der Waals surface area contributed by atoms with Crippen LogP contribution in [-0.4, -0.2) is 33.4 Å². The Labute approximate surface area is 120 Å². The molecule has 0 aliphatic carbocycles. The Bertz CT molecular complexity index is 462. The topological polar surface area (TPSA) is 55.4 Å². The van der Waals surface area contributed by atoms with Crippen LogP contribution < -0.4 is 4.72 Å². The molecule has 1 aromatic carbocycles. The summed E-state index contributed by atoms with van der Waals surface area (Å²) in [5, 5.41) is -0.373. The van der Waals surface area contributed by atoms with Gasteiger partial charge in [0, 0.05) is 6.54 Å². The first-order valence-electron chi connectivity index (χ1n) is 6.18. The summed E-state index contributed by atoms with van der Waals surface area (Å²) in [6, 6.07) is 9.37. The van der Waals surface area contributed by atoms with Crippen molar-refractivity contribution in [2.24, 2.45) is 0 Å². The fourth-order valence-electron chi connectivity index (χ4n) is 1.45. The molecular weight excluding hydrogens is 286 g/mol. The number of rotatable bonds is 8. The molecule has 0 spiro atoms. The molecule has 0 aliphatic rings. The van der Waals surface area contributed by atoms with Crippen molar-refractivity contribution in [3.05, 3.63) is 35.9 Å². The molecule has 1 N–H and O–H groups in total. The maximum absolute atomic E-state index is 11.7. The van der Waals surface area contributed by atoms with Gasteiger partial charge in [-0.3, -0.25) is 0 Å². The SMILES string of the molecule is CC(C)OCCS(=O)(=O)NCC(Cl)c1ccccc1. The zero-order chi connectivity index (χ0) is 14.3. The van der Waals surface area contributed by atoms with Gasteiger partial charge in [0.25, 0.3) is 0 Å². The van der Waals surface area contributed by atoms with Crippen molar-refractivity contribution in [3.63, 3.8) is 0 Å². The molecule has 19 heavy (non-hydrogen) atoms. The van der Waals surface area contributed by atoms with Crippen LogP contribution in [0.4, 0.5) is 0 Å². The van der Waals surface area contributed by atoms with E-state index in [2.05, 4.69) is 4.72 Å². The number of benzene rings is 1. The average Bonchev–Trinajstić information content (AvgIpc) is 2.36. The van der Waals surface area contributed by atoms with Crippen LogP contribution in [-0.2, 0) is 14.8 Å². The number of alkyl halides is 1. The predicted molar refractivity (Wildman–Crippen MR) is 77.9 cm³/mol. The zero-order valence-electron chi connectivity index (χ0n) is 11.2. The highest BCUT2D eigenvalue weighted by molar-refractivity contribution is 7.89. The van der Waals surface area contributed by atoms with E-state index in [-0.39, 0.29) is 30.4 Å². The molecule has 6 heteroatoms. The van der Waals surface area contributed by atoms with Crippen molar-refractivity contribution in [2.45, 2.75) is 25.3 Å². The van der Waals surface area contributed by atoms with Crippen molar-refractivity contribution < 1.29 is 13.2 Å².